The van der Waals surface area contributed by atoms with Crippen molar-refractivity contribution in [3.8, 4) is 28.6 Å². The van der Waals surface area contributed by atoms with Crippen LogP contribution in [0.15, 0.2) is 36.4 Å². The zero-order valence-electron chi connectivity index (χ0n) is 15.0. The minimum absolute atomic E-state index is 0.702. The molecular formula is C20H24N2O3. The molecule has 3 rings (SSSR count). The Labute approximate surface area is 147 Å². The Hall–Kier alpha value is -2.69. The molecule has 1 heterocycles. The molecule has 3 aromatic rings. The molecule has 25 heavy (non-hydrogen) atoms. The molecule has 0 saturated carbocycles. The number of imidazole rings is 1. The van der Waals surface area contributed by atoms with Crippen LogP contribution in [0.5, 0.6) is 17.2 Å². The molecule has 1 N–H and O–H groups in total. The van der Waals surface area contributed by atoms with Gasteiger partial charge in [0.05, 0.1) is 31.9 Å². The summed E-state index contributed by atoms with van der Waals surface area (Å²) in [4.78, 5) is 7.97. The fourth-order valence-corrected chi connectivity index (χ4v) is 2.72. The molecule has 0 unspecified atom stereocenters. The number of nitrogens with zero attached hydrogens (tertiary/aromatic N) is 1. The van der Waals surface area contributed by atoms with Gasteiger partial charge in [-0.1, -0.05) is 19.8 Å². The number of hydrogen-bond acceptors (Lipinski definition) is 4. The van der Waals surface area contributed by atoms with Gasteiger partial charge in [-0.3, -0.25) is 0 Å². The van der Waals surface area contributed by atoms with Gasteiger partial charge in [0.1, 0.15) is 11.6 Å². The van der Waals surface area contributed by atoms with E-state index >= 15 is 0 Å². The number of rotatable bonds is 8. The first-order valence-corrected chi connectivity index (χ1v) is 8.60. The molecule has 0 aliphatic heterocycles. The van der Waals surface area contributed by atoms with E-state index in [9.17, 15) is 0 Å². The van der Waals surface area contributed by atoms with Crippen LogP contribution in [0.1, 0.15) is 26.2 Å². The van der Waals surface area contributed by atoms with Gasteiger partial charge in [-0.15, -0.1) is 0 Å². The summed E-state index contributed by atoms with van der Waals surface area (Å²) < 4.78 is 16.6. The number of aromatic amines is 1. The predicted octanol–water partition coefficient (Wildman–Crippen LogP) is 4.82. The lowest BCUT2D eigenvalue weighted by Crippen LogP contribution is -1.99. The Morgan fingerprint density at radius 3 is 2.60 bits per heavy atom. The zero-order valence-corrected chi connectivity index (χ0v) is 15.0. The second kappa shape index (κ2) is 7.92. The van der Waals surface area contributed by atoms with E-state index in [-0.39, 0.29) is 0 Å². The van der Waals surface area contributed by atoms with Crippen LogP contribution in [0.2, 0.25) is 0 Å². The van der Waals surface area contributed by atoms with Crippen molar-refractivity contribution in [1.82, 2.24) is 9.97 Å². The van der Waals surface area contributed by atoms with Crippen LogP contribution in [-0.4, -0.2) is 30.8 Å². The van der Waals surface area contributed by atoms with Crippen molar-refractivity contribution >= 4 is 11.0 Å². The first-order valence-electron chi connectivity index (χ1n) is 8.60. The monoisotopic (exact) mass is 340 g/mol. The Morgan fingerprint density at radius 2 is 1.84 bits per heavy atom. The summed E-state index contributed by atoms with van der Waals surface area (Å²) in [7, 11) is 3.31. The lowest BCUT2D eigenvalue weighted by molar-refractivity contribution is 0.286. The van der Waals surface area contributed by atoms with Gasteiger partial charge in [0.2, 0.25) is 0 Å². The van der Waals surface area contributed by atoms with Crippen molar-refractivity contribution < 1.29 is 14.2 Å². The van der Waals surface area contributed by atoms with Gasteiger partial charge in [-0.05, 0) is 36.8 Å². The summed E-state index contributed by atoms with van der Waals surface area (Å²) in [5.74, 6) is 3.07. The Kier molecular flexibility index (Phi) is 5.43. The van der Waals surface area contributed by atoms with E-state index in [1.807, 2.05) is 36.4 Å². The number of nitrogens with one attached hydrogen (secondary N) is 1. The maximum absolute atomic E-state index is 5.84. The van der Waals surface area contributed by atoms with E-state index < -0.39 is 0 Å². The van der Waals surface area contributed by atoms with E-state index in [4.69, 9.17) is 14.2 Å². The molecule has 0 aliphatic rings. The first-order chi connectivity index (χ1) is 12.2. The predicted molar refractivity (Wildman–Crippen MR) is 99.7 cm³/mol. The quantitative estimate of drug-likeness (QED) is 0.598. The number of methoxy groups -OCH3 is 2. The molecule has 5 heteroatoms. The molecule has 0 saturated heterocycles. The topological polar surface area (TPSA) is 56.4 Å². The third kappa shape index (κ3) is 3.87. The second-order valence-corrected chi connectivity index (χ2v) is 5.89. The average Bonchev–Trinajstić information content (AvgIpc) is 3.08. The van der Waals surface area contributed by atoms with Crippen molar-refractivity contribution in [2.45, 2.75) is 26.2 Å². The van der Waals surface area contributed by atoms with Gasteiger partial charge in [-0.2, -0.15) is 0 Å². The Balaban J connectivity index is 1.84. The molecule has 2 aromatic carbocycles. The van der Waals surface area contributed by atoms with Crippen molar-refractivity contribution in [3.05, 3.63) is 36.4 Å². The van der Waals surface area contributed by atoms with Crippen LogP contribution in [0.25, 0.3) is 22.4 Å². The standard InChI is InChI=1S/C20H24N2O3/c1-4-5-6-11-25-18-10-7-14(12-19(18)24-3)20-21-16-9-8-15(23-2)13-17(16)22-20/h7-10,12-13H,4-6,11H2,1-3H3,(H,21,22). The van der Waals surface area contributed by atoms with Crippen LogP contribution in [0.3, 0.4) is 0 Å². The van der Waals surface area contributed by atoms with Crippen LogP contribution >= 0.6 is 0 Å². The molecular weight excluding hydrogens is 316 g/mol. The third-order valence-electron chi connectivity index (χ3n) is 4.13. The minimum atomic E-state index is 0.702. The lowest BCUT2D eigenvalue weighted by Gasteiger charge is -2.11. The van der Waals surface area contributed by atoms with Gasteiger partial charge < -0.3 is 19.2 Å². The number of unbranched alkanes of at least 4 members (excludes halogenated alkanes) is 2. The van der Waals surface area contributed by atoms with Crippen LogP contribution in [0, 0.1) is 0 Å². The molecule has 0 atom stereocenters. The number of hydrogen-bond donors (Lipinski definition) is 1. The maximum Gasteiger partial charge on any atom is 0.161 e. The fraction of sp³-hybridized carbons (Fsp3) is 0.350. The average molecular weight is 340 g/mol. The van der Waals surface area contributed by atoms with Gasteiger partial charge in [0.15, 0.2) is 11.5 Å². The van der Waals surface area contributed by atoms with Crippen LogP contribution in [0.4, 0.5) is 0 Å². The van der Waals surface area contributed by atoms with Crippen molar-refractivity contribution in [1.29, 1.82) is 0 Å². The first kappa shape index (κ1) is 17.1. The van der Waals surface area contributed by atoms with Crippen molar-refractivity contribution in [2.24, 2.45) is 0 Å². The molecule has 0 bridgehead atoms. The molecule has 0 amide bonds. The second-order valence-electron chi connectivity index (χ2n) is 5.89. The van der Waals surface area contributed by atoms with E-state index in [2.05, 4.69) is 16.9 Å². The largest absolute Gasteiger partial charge is 0.497 e. The zero-order chi connectivity index (χ0) is 17.6. The van der Waals surface area contributed by atoms with Crippen LogP contribution < -0.4 is 14.2 Å². The number of H-pyrrole nitrogens is 1. The Morgan fingerprint density at radius 1 is 0.960 bits per heavy atom. The van der Waals surface area contributed by atoms with Gasteiger partial charge in [0, 0.05) is 11.6 Å². The summed E-state index contributed by atoms with van der Waals surface area (Å²) in [5, 5.41) is 0. The summed E-state index contributed by atoms with van der Waals surface area (Å²) in [5.41, 5.74) is 2.79. The maximum atomic E-state index is 5.84. The van der Waals surface area contributed by atoms with E-state index in [1.165, 1.54) is 12.8 Å². The van der Waals surface area contributed by atoms with E-state index in [0.717, 1.165) is 40.3 Å². The van der Waals surface area contributed by atoms with Crippen LogP contribution in [-0.2, 0) is 0 Å². The summed E-state index contributed by atoms with van der Waals surface area (Å²) in [6.07, 6.45) is 3.39. The molecule has 1 aromatic heterocycles. The van der Waals surface area contributed by atoms with E-state index in [0.29, 0.717) is 12.4 Å². The molecule has 0 radical (unpaired) electrons. The molecule has 5 nitrogen and oxygen atoms in total. The molecule has 0 aliphatic carbocycles. The smallest absolute Gasteiger partial charge is 0.161 e. The van der Waals surface area contributed by atoms with Crippen molar-refractivity contribution in [2.75, 3.05) is 20.8 Å². The number of benzene rings is 2. The number of aromatic nitrogens is 2. The number of ether oxygens (including phenoxy) is 3. The highest BCUT2D eigenvalue weighted by molar-refractivity contribution is 5.81. The normalized spacial score (nSPS) is 10.8. The summed E-state index contributed by atoms with van der Waals surface area (Å²) >= 11 is 0. The fourth-order valence-electron chi connectivity index (χ4n) is 2.72. The van der Waals surface area contributed by atoms with Gasteiger partial charge in [-0.25, -0.2) is 4.98 Å². The van der Waals surface area contributed by atoms with E-state index in [1.54, 1.807) is 14.2 Å². The molecule has 0 fully saturated rings. The highest BCUT2D eigenvalue weighted by Crippen LogP contribution is 2.32. The summed E-state index contributed by atoms with van der Waals surface area (Å²) in [6.45, 7) is 2.88. The number of fused-ring (bicyclic) bond motifs is 1. The Bertz CT molecular complexity index is 842. The van der Waals surface area contributed by atoms with Gasteiger partial charge >= 0.3 is 0 Å². The van der Waals surface area contributed by atoms with Gasteiger partial charge in [0.25, 0.3) is 0 Å². The minimum Gasteiger partial charge on any atom is -0.497 e. The molecule has 132 valence electrons. The molecule has 0 spiro atoms. The van der Waals surface area contributed by atoms with Crippen molar-refractivity contribution in [3.63, 3.8) is 0 Å². The SMILES string of the molecule is CCCCCOc1ccc(-c2nc3ccc(OC)cc3[nH]2)cc1OC. The third-order valence-corrected chi connectivity index (χ3v) is 4.13. The highest BCUT2D eigenvalue weighted by atomic mass is 16.5. The lowest BCUT2D eigenvalue weighted by atomic mass is 10.2. The summed E-state index contributed by atoms with van der Waals surface area (Å²) in [6, 6.07) is 11.7. The highest BCUT2D eigenvalue weighted by Gasteiger charge is 2.11.